The van der Waals surface area contributed by atoms with E-state index in [2.05, 4.69) is 15.3 Å². The van der Waals surface area contributed by atoms with Gasteiger partial charge in [0.25, 0.3) is 0 Å². The van der Waals surface area contributed by atoms with Gasteiger partial charge in [0.1, 0.15) is 12.0 Å². The lowest BCUT2D eigenvalue weighted by molar-refractivity contribution is 0.190. The Hall–Kier alpha value is -2.09. The Balaban J connectivity index is 2.22. The number of nitrogen functional groups attached to an aromatic ring is 1. The minimum Gasteiger partial charge on any atom is -0.393 e. The lowest BCUT2D eigenvalue weighted by Gasteiger charge is -2.25. The SMILES string of the molecule is COCCN(CCOC)c1ncnc(Nc2ccc(Cl)cc2)c1N. The minimum absolute atomic E-state index is 0.472. The van der Waals surface area contributed by atoms with Crippen molar-refractivity contribution in [3.63, 3.8) is 0 Å². The van der Waals surface area contributed by atoms with Crippen molar-refractivity contribution in [3.8, 4) is 0 Å². The lowest BCUT2D eigenvalue weighted by Crippen LogP contribution is -2.32. The molecule has 0 unspecified atom stereocenters. The highest BCUT2D eigenvalue weighted by Crippen LogP contribution is 2.28. The van der Waals surface area contributed by atoms with E-state index in [1.165, 1.54) is 6.33 Å². The highest BCUT2D eigenvalue weighted by Gasteiger charge is 2.15. The summed E-state index contributed by atoms with van der Waals surface area (Å²) in [6.07, 6.45) is 1.48. The molecule has 0 fully saturated rings. The van der Waals surface area contributed by atoms with Crippen LogP contribution in [0.25, 0.3) is 0 Å². The zero-order chi connectivity index (χ0) is 17.4. The van der Waals surface area contributed by atoms with Gasteiger partial charge in [0, 0.05) is 38.0 Å². The smallest absolute Gasteiger partial charge is 0.159 e. The standard InChI is InChI=1S/C16H22ClN5O2/c1-23-9-7-22(8-10-24-2)16-14(18)15(19-11-20-16)21-13-5-3-12(17)4-6-13/h3-6,11H,7-10,18H2,1-2H3,(H,19,20,21). The zero-order valence-corrected chi connectivity index (χ0v) is 14.6. The van der Waals surface area contributed by atoms with Gasteiger partial charge in [-0.15, -0.1) is 0 Å². The van der Waals surface area contributed by atoms with Gasteiger partial charge in [-0.05, 0) is 24.3 Å². The van der Waals surface area contributed by atoms with E-state index in [9.17, 15) is 0 Å². The van der Waals surface area contributed by atoms with Crippen molar-refractivity contribution in [2.24, 2.45) is 0 Å². The van der Waals surface area contributed by atoms with Gasteiger partial charge in [-0.2, -0.15) is 0 Å². The first-order valence-electron chi connectivity index (χ1n) is 7.51. The third-order valence-electron chi connectivity index (χ3n) is 3.40. The predicted molar refractivity (Wildman–Crippen MR) is 97.1 cm³/mol. The van der Waals surface area contributed by atoms with E-state index in [-0.39, 0.29) is 0 Å². The first-order chi connectivity index (χ1) is 11.7. The molecule has 0 aliphatic rings. The predicted octanol–water partition coefficient (Wildman–Crippen LogP) is 2.55. The van der Waals surface area contributed by atoms with Crippen molar-refractivity contribution in [1.82, 2.24) is 9.97 Å². The molecule has 1 aromatic heterocycles. The van der Waals surface area contributed by atoms with Crippen LogP contribution in [-0.2, 0) is 9.47 Å². The van der Waals surface area contributed by atoms with Crippen LogP contribution in [0.5, 0.6) is 0 Å². The molecule has 0 aliphatic heterocycles. The number of nitrogens with two attached hydrogens (primary N) is 1. The highest BCUT2D eigenvalue weighted by atomic mass is 35.5. The molecular formula is C16H22ClN5O2. The molecule has 7 nitrogen and oxygen atoms in total. The van der Waals surface area contributed by atoms with Crippen LogP contribution >= 0.6 is 11.6 Å². The van der Waals surface area contributed by atoms with Crippen LogP contribution in [0.4, 0.5) is 23.0 Å². The summed E-state index contributed by atoms with van der Waals surface area (Å²) in [5.74, 6) is 1.19. The van der Waals surface area contributed by atoms with E-state index in [0.29, 0.717) is 48.6 Å². The molecule has 0 amide bonds. The fourth-order valence-corrected chi connectivity index (χ4v) is 2.26. The molecule has 0 saturated carbocycles. The summed E-state index contributed by atoms with van der Waals surface area (Å²) in [6, 6.07) is 7.31. The number of nitrogens with zero attached hydrogens (tertiary/aromatic N) is 3. The van der Waals surface area contributed by atoms with Crippen LogP contribution in [0.15, 0.2) is 30.6 Å². The Morgan fingerprint density at radius 1 is 1.08 bits per heavy atom. The summed E-state index contributed by atoms with van der Waals surface area (Å²) in [5, 5.41) is 3.85. The van der Waals surface area contributed by atoms with Crippen LogP contribution < -0.4 is 16.0 Å². The molecule has 8 heteroatoms. The number of nitrogens with one attached hydrogen (secondary N) is 1. The van der Waals surface area contributed by atoms with Crippen molar-refractivity contribution < 1.29 is 9.47 Å². The van der Waals surface area contributed by atoms with Crippen LogP contribution in [0.1, 0.15) is 0 Å². The van der Waals surface area contributed by atoms with Crippen LogP contribution in [0.2, 0.25) is 5.02 Å². The molecule has 0 spiro atoms. The average Bonchev–Trinajstić information content (AvgIpc) is 2.59. The van der Waals surface area contributed by atoms with Gasteiger partial charge in [-0.25, -0.2) is 9.97 Å². The summed E-state index contributed by atoms with van der Waals surface area (Å²) >= 11 is 5.90. The van der Waals surface area contributed by atoms with Gasteiger partial charge in [0.2, 0.25) is 0 Å². The van der Waals surface area contributed by atoms with E-state index in [1.54, 1.807) is 26.4 Å². The monoisotopic (exact) mass is 351 g/mol. The van der Waals surface area contributed by atoms with Gasteiger partial charge >= 0.3 is 0 Å². The van der Waals surface area contributed by atoms with Gasteiger partial charge in [0.05, 0.1) is 13.2 Å². The first-order valence-corrected chi connectivity index (χ1v) is 7.89. The number of ether oxygens (including phenoxy) is 2. The number of aromatic nitrogens is 2. The summed E-state index contributed by atoms with van der Waals surface area (Å²) in [4.78, 5) is 10.6. The van der Waals surface area contributed by atoms with E-state index < -0.39 is 0 Å². The average molecular weight is 352 g/mol. The quantitative estimate of drug-likeness (QED) is 0.718. The van der Waals surface area contributed by atoms with E-state index in [0.717, 1.165) is 5.69 Å². The number of halogens is 1. The summed E-state index contributed by atoms with van der Waals surface area (Å²) in [5.41, 5.74) is 7.58. The third-order valence-corrected chi connectivity index (χ3v) is 3.65. The number of anilines is 4. The third kappa shape index (κ3) is 4.95. The number of hydrogen-bond donors (Lipinski definition) is 2. The summed E-state index contributed by atoms with van der Waals surface area (Å²) < 4.78 is 10.3. The lowest BCUT2D eigenvalue weighted by atomic mass is 10.3. The van der Waals surface area contributed by atoms with Crippen LogP contribution in [-0.4, -0.2) is 50.5 Å². The molecule has 1 aromatic carbocycles. The molecule has 0 atom stereocenters. The highest BCUT2D eigenvalue weighted by molar-refractivity contribution is 6.30. The van der Waals surface area contributed by atoms with Crippen molar-refractivity contribution in [3.05, 3.63) is 35.6 Å². The Morgan fingerprint density at radius 3 is 2.29 bits per heavy atom. The summed E-state index contributed by atoms with van der Waals surface area (Å²) in [7, 11) is 3.32. The molecule has 0 radical (unpaired) electrons. The van der Waals surface area contributed by atoms with Gasteiger partial charge < -0.3 is 25.4 Å². The second-order valence-corrected chi connectivity index (χ2v) is 5.50. The maximum atomic E-state index is 6.27. The molecule has 1 heterocycles. The fraction of sp³-hybridized carbons (Fsp3) is 0.375. The Morgan fingerprint density at radius 2 is 1.71 bits per heavy atom. The maximum absolute atomic E-state index is 6.27. The molecule has 130 valence electrons. The van der Waals surface area contributed by atoms with Crippen molar-refractivity contribution in [1.29, 1.82) is 0 Å². The Bertz CT molecular complexity index is 631. The zero-order valence-electron chi connectivity index (χ0n) is 13.8. The largest absolute Gasteiger partial charge is 0.393 e. The first kappa shape index (κ1) is 18.3. The fourth-order valence-electron chi connectivity index (χ4n) is 2.13. The normalized spacial score (nSPS) is 10.6. The molecule has 2 aromatic rings. The van der Waals surface area contributed by atoms with Gasteiger partial charge in [0.15, 0.2) is 11.6 Å². The molecule has 0 saturated heterocycles. The van der Waals surface area contributed by atoms with Crippen molar-refractivity contribution in [2.45, 2.75) is 0 Å². The molecule has 0 aliphatic carbocycles. The number of rotatable bonds is 9. The van der Waals surface area contributed by atoms with E-state index in [1.807, 2.05) is 17.0 Å². The molecule has 3 N–H and O–H groups in total. The minimum atomic E-state index is 0.472. The number of benzene rings is 1. The topological polar surface area (TPSA) is 85.5 Å². The molecular weight excluding hydrogens is 330 g/mol. The van der Waals surface area contributed by atoms with Crippen molar-refractivity contribution >= 4 is 34.6 Å². The Labute approximate surface area is 146 Å². The number of methoxy groups -OCH3 is 2. The second kappa shape index (κ2) is 9.27. The molecule has 0 bridgehead atoms. The van der Waals surface area contributed by atoms with Gasteiger partial charge in [-0.3, -0.25) is 0 Å². The van der Waals surface area contributed by atoms with Crippen LogP contribution in [0, 0.1) is 0 Å². The van der Waals surface area contributed by atoms with Crippen molar-refractivity contribution in [2.75, 3.05) is 56.5 Å². The number of hydrogen-bond acceptors (Lipinski definition) is 7. The van der Waals surface area contributed by atoms with E-state index >= 15 is 0 Å². The van der Waals surface area contributed by atoms with Gasteiger partial charge in [-0.1, -0.05) is 11.6 Å². The Kier molecular flexibility index (Phi) is 7.05. The second-order valence-electron chi connectivity index (χ2n) is 5.06. The summed E-state index contributed by atoms with van der Waals surface area (Å²) in [6.45, 7) is 2.43. The molecule has 24 heavy (non-hydrogen) atoms. The molecule has 2 rings (SSSR count). The van der Waals surface area contributed by atoms with Crippen LogP contribution in [0.3, 0.4) is 0 Å². The van der Waals surface area contributed by atoms with E-state index in [4.69, 9.17) is 26.8 Å². The maximum Gasteiger partial charge on any atom is 0.159 e.